The first-order valence-corrected chi connectivity index (χ1v) is 12.4. The van der Waals surface area contributed by atoms with E-state index >= 15 is 0 Å². The lowest BCUT2D eigenvalue weighted by Gasteiger charge is -2.23. The maximum atomic E-state index is 14.8. The van der Waals surface area contributed by atoms with Gasteiger partial charge in [-0.05, 0) is 48.7 Å². The predicted octanol–water partition coefficient (Wildman–Crippen LogP) is 3.33. The van der Waals surface area contributed by atoms with Gasteiger partial charge in [0.25, 0.3) is 11.5 Å². The van der Waals surface area contributed by atoms with Crippen LogP contribution in [0.5, 0.6) is 0 Å². The first kappa shape index (κ1) is 24.1. The Bertz CT molecular complexity index is 1600. The van der Waals surface area contributed by atoms with Crippen LogP contribution in [0.3, 0.4) is 0 Å². The van der Waals surface area contributed by atoms with E-state index in [0.717, 1.165) is 30.2 Å². The van der Waals surface area contributed by atoms with E-state index in [1.54, 1.807) is 12.3 Å². The summed E-state index contributed by atoms with van der Waals surface area (Å²) in [7, 11) is 0. The van der Waals surface area contributed by atoms with E-state index in [2.05, 4.69) is 25.5 Å². The summed E-state index contributed by atoms with van der Waals surface area (Å²) >= 11 is 0. The Labute approximate surface area is 215 Å². The largest absolute Gasteiger partial charge is 0.381 e. The Kier molecular flexibility index (Phi) is 6.28. The van der Waals surface area contributed by atoms with Crippen molar-refractivity contribution >= 4 is 22.6 Å². The fraction of sp³-hybridized carbons (Fsp3) is 0.296. The molecule has 2 aromatic carbocycles. The highest BCUT2D eigenvalue weighted by atomic mass is 19.1. The summed E-state index contributed by atoms with van der Waals surface area (Å²) in [5.41, 5.74) is 2.10. The van der Waals surface area contributed by atoms with Crippen molar-refractivity contribution in [3.8, 4) is 0 Å². The second-order valence-corrected chi connectivity index (χ2v) is 9.54. The van der Waals surface area contributed by atoms with E-state index in [1.165, 1.54) is 29.2 Å². The highest BCUT2D eigenvalue weighted by molar-refractivity contribution is 5.95. The number of nitrogens with one attached hydrogen (secondary N) is 2. The Hall–Kier alpha value is -4.25. The molecule has 1 saturated heterocycles. The fourth-order valence-electron chi connectivity index (χ4n) is 4.93. The molecule has 194 valence electrons. The van der Waals surface area contributed by atoms with Gasteiger partial charge in [0.1, 0.15) is 11.6 Å². The number of fused-ring (bicyclic) bond motifs is 2. The van der Waals surface area contributed by atoms with Gasteiger partial charge >= 0.3 is 0 Å². The Morgan fingerprint density at radius 3 is 2.79 bits per heavy atom. The molecule has 2 aliphatic heterocycles. The molecule has 4 aromatic rings. The van der Waals surface area contributed by atoms with Crippen molar-refractivity contribution < 1.29 is 18.3 Å². The van der Waals surface area contributed by atoms with Gasteiger partial charge in [0.15, 0.2) is 0 Å². The average Bonchev–Trinajstić information content (AvgIpc) is 3.35. The molecule has 0 radical (unpaired) electrons. The lowest BCUT2D eigenvalue weighted by atomic mass is 10.0. The van der Waals surface area contributed by atoms with Crippen molar-refractivity contribution in [2.75, 3.05) is 18.5 Å². The van der Waals surface area contributed by atoms with Gasteiger partial charge in [-0.1, -0.05) is 6.07 Å². The van der Waals surface area contributed by atoms with E-state index in [1.807, 2.05) is 0 Å². The number of hydrogen-bond donors (Lipinski definition) is 2. The minimum Gasteiger partial charge on any atom is -0.381 e. The number of benzene rings is 2. The number of aromatic amines is 1. The van der Waals surface area contributed by atoms with Crippen LogP contribution in [0.4, 0.5) is 14.7 Å². The summed E-state index contributed by atoms with van der Waals surface area (Å²) in [5, 5.41) is 10.5. The van der Waals surface area contributed by atoms with Gasteiger partial charge in [0.05, 0.1) is 28.9 Å². The van der Waals surface area contributed by atoms with Gasteiger partial charge in [0.2, 0.25) is 5.95 Å². The molecule has 0 spiro atoms. The first-order chi connectivity index (χ1) is 18.4. The Balaban J connectivity index is 1.21. The first-order valence-electron chi connectivity index (χ1n) is 12.4. The van der Waals surface area contributed by atoms with Crippen molar-refractivity contribution in [2.24, 2.45) is 0 Å². The quantitative estimate of drug-likeness (QED) is 0.417. The van der Waals surface area contributed by atoms with Crippen LogP contribution in [-0.2, 0) is 24.2 Å². The molecule has 0 bridgehead atoms. The van der Waals surface area contributed by atoms with E-state index in [4.69, 9.17) is 4.74 Å². The van der Waals surface area contributed by atoms with Crippen molar-refractivity contribution in [1.29, 1.82) is 0 Å². The molecule has 6 rings (SSSR count). The van der Waals surface area contributed by atoms with E-state index < -0.39 is 23.1 Å². The second kappa shape index (κ2) is 9.90. The van der Waals surface area contributed by atoms with Gasteiger partial charge in [-0.3, -0.25) is 9.59 Å². The molecule has 0 aliphatic carbocycles. The van der Waals surface area contributed by atoms with Gasteiger partial charge < -0.3 is 15.0 Å². The summed E-state index contributed by atoms with van der Waals surface area (Å²) in [4.78, 5) is 36.0. The number of rotatable bonds is 5. The number of anilines is 1. The maximum absolute atomic E-state index is 14.8. The Morgan fingerprint density at radius 1 is 1.11 bits per heavy atom. The number of aromatic nitrogens is 4. The smallest absolute Gasteiger partial charge is 0.272 e. The minimum atomic E-state index is -0.635. The van der Waals surface area contributed by atoms with Gasteiger partial charge in [0, 0.05) is 49.4 Å². The Morgan fingerprint density at radius 2 is 1.95 bits per heavy atom. The van der Waals surface area contributed by atoms with E-state index in [9.17, 15) is 18.4 Å². The van der Waals surface area contributed by atoms with Gasteiger partial charge in [-0.2, -0.15) is 5.10 Å². The lowest BCUT2D eigenvalue weighted by Crippen LogP contribution is -2.28. The van der Waals surface area contributed by atoms with Gasteiger partial charge in [-0.15, -0.1) is 0 Å². The molecule has 0 unspecified atom stereocenters. The summed E-state index contributed by atoms with van der Waals surface area (Å²) in [6.07, 6.45) is 3.68. The van der Waals surface area contributed by atoms with Crippen LogP contribution in [0.25, 0.3) is 10.8 Å². The third-order valence-electron chi connectivity index (χ3n) is 6.96. The van der Waals surface area contributed by atoms with Crippen LogP contribution in [-0.4, -0.2) is 50.2 Å². The number of ether oxygens (including phenoxy) is 1. The molecular weight excluding hydrogens is 494 g/mol. The highest BCUT2D eigenvalue weighted by Gasteiger charge is 2.28. The molecule has 0 saturated carbocycles. The number of H-pyrrole nitrogens is 1. The predicted molar refractivity (Wildman–Crippen MR) is 135 cm³/mol. The number of nitrogens with zero attached hydrogens (tertiary/aromatic N) is 4. The van der Waals surface area contributed by atoms with Crippen LogP contribution < -0.4 is 10.9 Å². The van der Waals surface area contributed by atoms with E-state index in [0.29, 0.717) is 35.8 Å². The van der Waals surface area contributed by atoms with Crippen molar-refractivity contribution in [1.82, 2.24) is 25.1 Å². The molecule has 2 aliphatic rings. The van der Waals surface area contributed by atoms with E-state index in [-0.39, 0.29) is 36.5 Å². The summed E-state index contributed by atoms with van der Waals surface area (Å²) < 4.78 is 33.9. The third kappa shape index (κ3) is 4.72. The zero-order valence-corrected chi connectivity index (χ0v) is 20.3. The highest BCUT2D eigenvalue weighted by Crippen LogP contribution is 2.26. The molecule has 11 heteroatoms. The number of amides is 1. The van der Waals surface area contributed by atoms with Crippen molar-refractivity contribution in [3.05, 3.63) is 92.7 Å². The number of carbonyl (C=O) groups excluding carboxylic acids is 1. The summed E-state index contributed by atoms with van der Waals surface area (Å²) in [6.45, 7) is 1.93. The standard InChI is InChI=1S/C27H24F2N6O3/c28-17-2-3-19-20(11-17)25(36)34-33-23(19)10-15-1-4-22(29)21(9-15)26(37)35-13-16-12-30-27(32-24(16)14-35)31-18-5-7-38-8-6-18/h1-4,9,11-12,18H,5-8,10,13-14H2,(H,34,36)(H,30,31,32). The molecule has 1 amide bonds. The second-order valence-electron chi connectivity index (χ2n) is 9.54. The van der Waals surface area contributed by atoms with Crippen molar-refractivity contribution in [2.45, 2.75) is 38.4 Å². The zero-order chi connectivity index (χ0) is 26.2. The van der Waals surface area contributed by atoms with Crippen molar-refractivity contribution in [3.63, 3.8) is 0 Å². The average molecular weight is 519 g/mol. The monoisotopic (exact) mass is 518 g/mol. The number of hydrogen-bond acceptors (Lipinski definition) is 7. The molecular formula is C27H24F2N6O3. The van der Waals surface area contributed by atoms with Crippen LogP contribution in [0.1, 0.15) is 45.7 Å². The van der Waals surface area contributed by atoms with Crippen LogP contribution in [0.15, 0.2) is 47.4 Å². The SMILES string of the molecule is O=C(c1cc(Cc2n[nH]c(=O)c3cc(F)ccc23)ccc1F)N1Cc2cnc(NC3CCOCC3)nc2C1. The maximum Gasteiger partial charge on any atom is 0.272 e. The number of halogens is 2. The third-order valence-corrected chi connectivity index (χ3v) is 6.96. The molecule has 0 atom stereocenters. The molecule has 9 nitrogen and oxygen atoms in total. The van der Waals surface area contributed by atoms with Gasteiger partial charge in [-0.25, -0.2) is 23.8 Å². The van der Waals surface area contributed by atoms with Crippen LogP contribution in [0, 0.1) is 11.6 Å². The fourth-order valence-corrected chi connectivity index (χ4v) is 4.93. The molecule has 2 N–H and O–H groups in total. The zero-order valence-electron chi connectivity index (χ0n) is 20.3. The molecule has 38 heavy (non-hydrogen) atoms. The van der Waals surface area contributed by atoms with Crippen LogP contribution in [0.2, 0.25) is 0 Å². The normalized spacial score (nSPS) is 15.6. The molecule has 1 fully saturated rings. The molecule has 2 aromatic heterocycles. The summed E-state index contributed by atoms with van der Waals surface area (Å²) in [6, 6.07) is 8.44. The minimum absolute atomic E-state index is 0.0661. The van der Waals surface area contributed by atoms with Crippen LogP contribution >= 0.6 is 0 Å². The lowest BCUT2D eigenvalue weighted by molar-refractivity contribution is 0.0745. The molecule has 4 heterocycles. The number of carbonyl (C=O) groups is 1. The summed E-state index contributed by atoms with van der Waals surface area (Å²) in [5.74, 6) is -1.11. The topological polar surface area (TPSA) is 113 Å².